The van der Waals surface area contributed by atoms with Gasteiger partial charge in [-0.2, -0.15) is 0 Å². The normalized spacial score (nSPS) is 18.9. The zero-order valence-electron chi connectivity index (χ0n) is 41.5. The molecule has 0 saturated carbocycles. The molecule has 0 amide bonds. The van der Waals surface area contributed by atoms with Gasteiger partial charge in [-0.3, -0.25) is 0 Å². The van der Waals surface area contributed by atoms with Crippen molar-refractivity contribution in [2.75, 3.05) is 4.90 Å². The van der Waals surface area contributed by atoms with Gasteiger partial charge in [0, 0.05) is 56.1 Å². The lowest BCUT2D eigenvalue weighted by atomic mass is 9.64. The van der Waals surface area contributed by atoms with Crippen molar-refractivity contribution in [1.29, 1.82) is 0 Å². The molecule has 346 valence electrons. The minimum atomic E-state index is -0.229. The summed E-state index contributed by atoms with van der Waals surface area (Å²) in [6.07, 6.45) is 14.5. The monoisotopic (exact) mass is 924 g/mol. The molecule has 1 aromatic heterocycles. The Labute approximate surface area is 423 Å². The first-order valence-electron chi connectivity index (χ1n) is 26.3. The Morgan fingerprint density at radius 2 is 1.08 bits per heavy atom. The van der Waals surface area contributed by atoms with Gasteiger partial charge in [0.1, 0.15) is 0 Å². The average Bonchev–Trinajstić information content (AvgIpc) is 3.96. The van der Waals surface area contributed by atoms with E-state index < -0.39 is 0 Å². The van der Waals surface area contributed by atoms with E-state index in [1.807, 2.05) is 0 Å². The number of nitrogens with zero attached hydrogens (tertiary/aromatic N) is 2. The van der Waals surface area contributed by atoms with Gasteiger partial charge >= 0.3 is 0 Å². The first-order chi connectivity index (χ1) is 35.2. The molecular weight excluding hydrogens is 869 g/mol. The molecule has 2 unspecified atom stereocenters. The fourth-order valence-electron chi connectivity index (χ4n) is 14.2. The number of hydrogen-bond donors (Lipinski definition) is 0. The number of rotatable bonds is 6. The second-order valence-corrected chi connectivity index (χ2v) is 22.3. The van der Waals surface area contributed by atoms with Crippen molar-refractivity contribution in [2.24, 2.45) is 11.8 Å². The molecule has 0 aliphatic heterocycles. The molecule has 0 N–H and O–H groups in total. The van der Waals surface area contributed by atoms with Gasteiger partial charge in [-0.05, 0) is 187 Å². The van der Waals surface area contributed by atoms with Crippen LogP contribution >= 0.6 is 0 Å². The second kappa shape index (κ2) is 15.3. The predicted molar refractivity (Wildman–Crippen MR) is 301 cm³/mol. The Morgan fingerprint density at radius 1 is 0.500 bits per heavy atom. The lowest BCUT2D eigenvalue weighted by Crippen LogP contribution is -2.28. The van der Waals surface area contributed by atoms with Crippen molar-refractivity contribution in [2.45, 2.75) is 64.2 Å². The molecule has 0 radical (unpaired) electrons. The molecule has 15 rings (SSSR count). The number of allylic oxidation sites excluding steroid dienone is 8. The summed E-state index contributed by atoms with van der Waals surface area (Å²) in [6.45, 7) is 9.61. The lowest BCUT2D eigenvalue weighted by Gasteiger charge is -2.41. The van der Waals surface area contributed by atoms with Crippen LogP contribution in [0.3, 0.4) is 0 Å². The molecule has 0 fully saturated rings. The van der Waals surface area contributed by atoms with E-state index in [0.29, 0.717) is 11.8 Å². The summed E-state index contributed by atoms with van der Waals surface area (Å²) in [4.78, 5) is 2.48. The van der Waals surface area contributed by atoms with Crippen molar-refractivity contribution in [3.63, 3.8) is 0 Å². The van der Waals surface area contributed by atoms with Gasteiger partial charge < -0.3 is 9.47 Å². The minimum absolute atomic E-state index is 0.110. The van der Waals surface area contributed by atoms with Crippen LogP contribution in [0, 0.1) is 11.8 Å². The van der Waals surface area contributed by atoms with Gasteiger partial charge in [-0.1, -0.05) is 167 Å². The number of anilines is 3. The smallest absolute Gasteiger partial charge is 0.0538 e. The summed E-state index contributed by atoms with van der Waals surface area (Å²) in [5.41, 5.74) is 30.7. The van der Waals surface area contributed by atoms with Gasteiger partial charge in [-0.25, -0.2) is 0 Å². The van der Waals surface area contributed by atoms with Crippen LogP contribution in [-0.4, -0.2) is 4.57 Å². The van der Waals surface area contributed by atoms with Gasteiger partial charge in [0.15, 0.2) is 0 Å². The van der Waals surface area contributed by atoms with E-state index >= 15 is 0 Å². The molecule has 2 heteroatoms. The zero-order valence-corrected chi connectivity index (χ0v) is 41.5. The summed E-state index contributed by atoms with van der Waals surface area (Å²) in [5.74, 6) is 1.07. The van der Waals surface area contributed by atoms with E-state index in [4.69, 9.17) is 0 Å². The summed E-state index contributed by atoms with van der Waals surface area (Å²) >= 11 is 0. The fraction of sp³-hybridized carbons (Fsp3) is 0.171. The maximum atomic E-state index is 2.59. The second-order valence-electron chi connectivity index (χ2n) is 22.3. The number of para-hydroxylation sites is 1. The van der Waals surface area contributed by atoms with Crippen molar-refractivity contribution >= 4 is 33.5 Å². The van der Waals surface area contributed by atoms with Crippen LogP contribution in [0.2, 0.25) is 0 Å². The summed E-state index contributed by atoms with van der Waals surface area (Å²) < 4.78 is 2.59. The van der Waals surface area contributed by atoms with Gasteiger partial charge in [-0.15, -0.1) is 0 Å². The maximum Gasteiger partial charge on any atom is 0.0538 e. The van der Waals surface area contributed by atoms with E-state index in [2.05, 4.69) is 243 Å². The quantitative estimate of drug-likeness (QED) is 0.161. The summed E-state index contributed by atoms with van der Waals surface area (Å²) in [6, 6.07) is 68.8. The van der Waals surface area contributed by atoms with Crippen molar-refractivity contribution in [1.82, 2.24) is 4.57 Å². The number of fused-ring (bicyclic) bond motifs is 10. The summed E-state index contributed by atoms with van der Waals surface area (Å²) in [5, 5.41) is 1.36. The van der Waals surface area contributed by atoms with Gasteiger partial charge in [0.2, 0.25) is 0 Å². The Kier molecular flexibility index (Phi) is 8.87. The van der Waals surface area contributed by atoms with E-state index in [1.165, 1.54) is 124 Å². The van der Waals surface area contributed by atoms with E-state index in [1.54, 1.807) is 16.7 Å². The Hall–Kier alpha value is -7.94. The average molecular weight is 925 g/mol. The number of benzene rings is 8. The Morgan fingerprint density at radius 3 is 1.83 bits per heavy atom. The maximum absolute atomic E-state index is 2.59. The van der Waals surface area contributed by atoms with Crippen molar-refractivity contribution in [3.05, 3.63) is 257 Å². The molecule has 9 aromatic rings. The third-order valence-electron chi connectivity index (χ3n) is 17.8. The van der Waals surface area contributed by atoms with Crippen LogP contribution in [-0.2, 0) is 17.3 Å². The third-order valence-corrected chi connectivity index (χ3v) is 17.8. The molecule has 2 atom stereocenters. The third kappa shape index (κ3) is 5.96. The fourth-order valence-corrected chi connectivity index (χ4v) is 14.2. The Balaban J connectivity index is 0.841. The highest BCUT2D eigenvalue weighted by Crippen LogP contribution is 2.57. The SMILES string of the molecule is CC1(C)c2ccccc2-c2ccc(N(c3ccc(-c4ccccc4)cc3)c3ccc4c(c3)C(C)(C)c3cc(-c5ccc6c(c5)c5c(n6-c6ccccc6)CC6CCC7=C8C6=C5C=CC8CC=C7)ccc3-4)cc21. The molecule has 0 spiro atoms. The van der Waals surface area contributed by atoms with Crippen LogP contribution in [0.15, 0.2) is 223 Å². The lowest BCUT2D eigenvalue weighted by molar-refractivity contribution is 0.505. The Bertz CT molecular complexity index is 3900. The number of hydrogen-bond acceptors (Lipinski definition) is 1. The first-order valence-corrected chi connectivity index (χ1v) is 26.3. The van der Waals surface area contributed by atoms with Crippen molar-refractivity contribution in [3.8, 4) is 50.2 Å². The molecule has 2 nitrogen and oxygen atoms in total. The van der Waals surface area contributed by atoms with E-state index in [-0.39, 0.29) is 10.8 Å². The van der Waals surface area contributed by atoms with Gasteiger partial charge in [0.05, 0.1) is 5.52 Å². The minimum Gasteiger partial charge on any atom is -0.313 e. The molecule has 0 saturated heterocycles. The topological polar surface area (TPSA) is 8.17 Å². The molecule has 1 heterocycles. The molecule has 0 bridgehead atoms. The van der Waals surface area contributed by atoms with Gasteiger partial charge in [0.25, 0.3) is 0 Å². The van der Waals surface area contributed by atoms with E-state index in [0.717, 1.165) is 18.5 Å². The van der Waals surface area contributed by atoms with Crippen molar-refractivity contribution < 1.29 is 0 Å². The molecular formula is C70H56N2. The first kappa shape index (κ1) is 41.8. The van der Waals surface area contributed by atoms with Crippen LogP contribution < -0.4 is 4.90 Å². The summed E-state index contributed by atoms with van der Waals surface area (Å²) in [7, 11) is 0. The van der Waals surface area contributed by atoms with E-state index in [9.17, 15) is 0 Å². The molecule has 6 aliphatic carbocycles. The highest BCUT2D eigenvalue weighted by molar-refractivity contribution is 6.03. The molecule has 72 heavy (non-hydrogen) atoms. The van der Waals surface area contributed by atoms with Crippen LogP contribution in [0.4, 0.5) is 17.1 Å². The standard InChI is InChI=1S/C70H56N2/c1-69(2)60-21-12-11-20-54(60)56-35-31-52(41-62(56)69)71(51-29-24-44(25-30-51)43-14-7-5-8-15-43)53-32-36-57-55-33-27-48(39-61(55)70(3,4)63(57)42-53)47-28-37-64-59(38-47)68-58-34-26-46-17-13-16-45-22-23-49(67(58)66(45)46)40-65(68)72(64)50-18-9-6-10-19-50/h5-16,18-21,24-39,41-42,46,49H,17,22-23,40H2,1-4H3. The predicted octanol–water partition coefficient (Wildman–Crippen LogP) is 18.2. The van der Waals surface area contributed by atoms with Crippen LogP contribution in [0.25, 0.3) is 66.7 Å². The zero-order chi connectivity index (χ0) is 48.0. The van der Waals surface area contributed by atoms with Crippen LogP contribution in [0.1, 0.15) is 80.5 Å². The highest BCUT2D eigenvalue weighted by atomic mass is 15.1. The highest BCUT2D eigenvalue weighted by Gasteiger charge is 2.41. The van der Waals surface area contributed by atoms with Crippen LogP contribution in [0.5, 0.6) is 0 Å². The largest absolute Gasteiger partial charge is 0.313 e. The molecule has 6 aliphatic rings. The number of aromatic nitrogens is 1. The molecule has 8 aromatic carbocycles.